The number of amides is 2. The van der Waals surface area contributed by atoms with Crippen molar-refractivity contribution in [2.24, 2.45) is 0 Å². The van der Waals surface area contributed by atoms with Crippen LogP contribution in [0.5, 0.6) is 0 Å². The van der Waals surface area contributed by atoms with Crippen LogP contribution < -0.4 is 10.9 Å². The number of carbonyl (C=O) groups excluding carboxylic acids is 2. The standard InChI is InChI=1S/C22H28FN5O4/c1-22(2,3)32-21(31)27-14-12-26(13-15-27)11-10-24-20(30)18-8-9-19(29)28(25-18)17-6-4-16(23)5-7-17/h4-9H,10-15H2,1-3H3,(H,24,30). The Morgan fingerprint density at radius 1 is 1.06 bits per heavy atom. The molecule has 0 radical (unpaired) electrons. The van der Waals surface area contributed by atoms with Crippen molar-refractivity contribution in [1.29, 1.82) is 0 Å². The van der Waals surface area contributed by atoms with Gasteiger partial charge in [0.2, 0.25) is 0 Å². The molecule has 172 valence electrons. The fourth-order valence-corrected chi connectivity index (χ4v) is 3.20. The van der Waals surface area contributed by atoms with Crippen LogP contribution in [0.4, 0.5) is 9.18 Å². The number of carbonyl (C=O) groups is 2. The summed E-state index contributed by atoms with van der Waals surface area (Å²) in [4.78, 5) is 40.5. The largest absolute Gasteiger partial charge is 0.444 e. The van der Waals surface area contributed by atoms with E-state index in [0.717, 1.165) is 4.68 Å². The molecular formula is C22H28FN5O4. The zero-order chi connectivity index (χ0) is 23.3. The van der Waals surface area contributed by atoms with Crippen LogP contribution in [0.2, 0.25) is 0 Å². The highest BCUT2D eigenvalue weighted by Gasteiger charge is 2.25. The maximum Gasteiger partial charge on any atom is 0.410 e. The van der Waals surface area contributed by atoms with Gasteiger partial charge in [-0.05, 0) is 51.1 Å². The van der Waals surface area contributed by atoms with Gasteiger partial charge in [0.05, 0.1) is 5.69 Å². The van der Waals surface area contributed by atoms with E-state index in [-0.39, 0.29) is 11.8 Å². The SMILES string of the molecule is CC(C)(C)OC(=O)N1CCN(CCNC(=O)c2ccc(=O)n(-c3ccc(F)cc3)n2)CC1. The van der Waals surface area contributed by atoms with E-state index < -0.39 is 22.9 Å². The summed E-state index contributed by atoms with van der Waals surface area (Å²) in [6, 6.07) is 7.89. The average molecular weight is 445 g/mol. The van der Waals surface area contributed by atoms with Gasteiger partial charge in [-0.2, -0.15) is 9.78 Å². The molecule has 1 N–H and O–H groups in total. The maximum atomic E-state index is 13.1. The van der Waals surface area contributed by atoms with Gasteiger partial charge in [-0.1, -0.05) is 0 Å². The molecule has 0 bridgehead atoms. The normalized spacial score (nSPS) is 14.8. The Bertz CT molecular complexity index is 1010. The van der Waals surface area contributed by atoms with Crippen LogP contribution in [0.15, 0.2) is 41.2 Å². The predicted molar refractivity (Wildman–Crippen MR) is 116 cm³/mol. The van der Waals surface area contributed by atoms with Gasteiger partial charge in [0, 0.05) is 45.3 Å². The minimum Gasteiger partial charge on any atom is -0.444 e. The van der Waals surface area contributed by atoms with E-state index in [1.54, 1.807) is 4.90 Å². The van der Waals surface area contributed by atoms with Crippen molar-refractivity contribution in [3.8, 4) is 5.69 Å². The van der Waals surface area contributed by atoms with Crippen molar-refractivity contribution in [2.75, 3.05) is 39.3 Å². The highest BCUT2D eigenvalue weighted by atomic mass is 19.1. The number of hydrogen-bond donors (Lipinski definition) is 1. The second-order valence-corrected chi connectivity index (χ2v) is 8.51. The lowest BCUT2D eigenvalue weighted by Gasteiger charge is -2.35. The summed E-state index contributed by atoms with van der Waals surface area (Å²) in [6.07, 6.45) is -0.312. The van der Waals surface area contributed by atoms with Gasteiger partial charge in [-0.3, -0.25) is 14.5 Å². The molecule has 2 aromatic rings. The number of ether oxygens (including phenoxy) is 1. The van der Waals surface area contributed by atoms with Gasteiger partial charge < -0.3 is 15.0 Å². The summed E-state index contributed by atoms with van der Waals surface area (Å²) in [5, 5.41) is 6.89. The molecule has 0 spiro atoms. The molecule has 1 fully saturated rings. The average Bonchev–Trinajstić information content (AvgIpc) is 2.74. The first-order chi connectivity index (χ1) is 15.1. The van der Waals surface area contributed by atoms with Crippen molar-refractivity contribution in [1.82, 2.24) is 24.9 Å². The van der Waals surface area contributed by atoms with Crippen molar-refractivity contribution >= 4 is 12.0 Å². The second-order valence-electron chi connectivity index (χ2n) is 8.51. The smallest absolute Gasteiger partial charge is 0.410 e. The summed E-state index contributed by atoms with van der Waals surface area (Å²) in [5.74, 6) is -0.837. The molecular weight excluding hydrogens is 417 g/mol. The molecule has 0 atom stereocenters. The molecule has 1 saturated heterocycles. The van der Waals surface area contributed by atoms with E-state index in [1.165, 1.54) is 36.4 Å². The highest BCUT2D eigenvalue weighted by Crippen LogP contribution is 2.11. The lowest BCUT2D eigenvalue weighted by atomic mass is 10.2. The fraction of sp³-hybridized carbons (Fsp3) is 0.455. The topological polar surface area (TPSA) is 96.8 Å². The number of benzene rings is 1. The number of rotatable bonds is 5. The van der Waals surface area contributed by atoms with Crippen LogP contribution >= 0.6 is 0 Å². The van der Waals surface area contributed by atoms with Crippen LogP contribution in [-0.2, 0) is 4.74 Å². The summed E-state index contributed by atoms with van der Waals surface area (Å²) in [6.45, 7) is 9.01. The Morgan fingerprint density at radius 2 is 1.72 bits per heavy atom. The summed E-state index contributed by atoms with van der Waals surface area (Å²) in [7, 11) is 0. The first-order valence-electron chi connectivity index (χ1n) is 10.5. The third kappa shape index (κ3) is 6.36. The Labute approximate surface area is 185 Å². The van der Waals surface area contributed by atoms with E-state index in [1.807, 2.05) is 20.8 Å². The van der Waals surface area contributed by atoms with E-state index in [0.29, 0.717) is 45.0 Å². The molecule has 0 aliphatic carbocycles. The third-order valence-corrected chi connectivity index (χ3v) is 4.84. The van der Waals surface area contributed by atoms with Gasteiger partial charge in [-0.15, -0.1) is 0 Å². The lowest BCUT2D eigenvalue weighted by Crippen LogP contribution is -2.51. The summed E-state index contributed by atoms with van der Waals surface area (Å²) in [5.41, 5.74) is -0.486. The van der Waals surface area contributed by atoms with Gasteiger partial charge in [0.1, 0.15) is 17.1 Å². The Kier molecular flexibility index (Phi) is 7.24. The molecule has 3 rings (SSSR count). The molecule has 0 saturated carbocycles. The van der Waals surface area contributed by atoms with E-state index in [2.05, 4.69) is 15.3 Å². The molecule has 32 heavy (non-hydrogen) atoms. The molecule has 9 nitrogen and oxygen atoms in total. The number of halogens is 1. The van der Waals surface area contributed by atoms with E-state index in [4.69, 9.17) is 4.74 Å². The molecule has 10 heteroatoms. The van der Waals surface area contributed by atoms with Gasteiger partial charge >= 0.3 is 6.09 Å². The summed E-state index contributed by atoms with van der Waals surface area (Å²) < 4.78 is 19.6. The van der Waals surface area contributed by atoms with Crippen LogP contribution in [0, 0.1) is 5.82 Å². The van der Waals surface area contributed by atoms with Crippen molar-refractivity contribution in [2.45, 2.75) is 26.4 Å². The Morgan fingerprint density at radius 3 is 2.34 bits per heavy atom. The van der Waals surface area contributed by atoms with E-state index in [9.17, 15) is 18.8 Å². The molecule has 1 aliphatic rings. The molecule has 2 amide bonds. The van der Waals surface area contributed by atoms with Crippen LogP contribution in [0.3, 0.4) is 0 Å². The zero-order valence-electron chi connectivity index (χ0n) is 18.5. The van der Waals surface area contributed by atoms with Crippen molar-refractivity contribution in [3.05, 3.63) is 58.3 Å². The minimum absolute atomic E-state index is 0.0867. The quantitative estimate of drug-likeness (QED) is 0.752. The van der Waals surface area contributed by atoms with Crippen LogP contribution in [0.25, 0.3) is 5.69 Å². The van der Waals surface area contributed by atoms with Gasteiger partial charge in [0.25, 0.3) is 11.5 Å². The Balaban J connectivity index is 1.49. The van der Waals surface area contributed by atoms with Gasteiger partial charge in [0.15, 0.2) is 0 Å². The van der Waals surface area contributed by atoms with E-state index >= 15 is 0 Å². The summed E-state index contributed by atoms with van der Waals surface area (Å²) >= 11 is 0. The second kappa shape index (κ2) is 9.90. The first-order valence-corrected chi connectivity index (χ1v) is 10.5. The molecule has 0 unspecified atom stereocenters. The fourth-order valence-electron chi connectivity index (χ4n) is 3.20. The number of aromatic nitrogens is 2. The first kappa shape index (κ1) is 23.4. The predicted octanol–water partition coefficient (Wildman–Crippen LogP) is 1.65. The maximum absolute atomic E-state index is 13.1. The lowest BCUT2D eigenvalue weighted by molar-refractivity contribution is 0.0147. The van der Waals surface area contributed by atoms with Crippen molar-refractivity contribution in [3.63, 3.8) is 0 Å². The Hall–Kier alpha value is -3.27. The minimum atomic E-state index is -0.522. The number of nitrogens with one attached hydrogen (secondary N) is 1. The third-order valence-electron chi connectivity index (χ3n) is 4.84. The van der Waals surface area contributed by atoms with Crippen LogP contribution in [0.1, 0.15) is 31.3 Å². The number of nitrogens with zero attached hydrogens (tertiary/aromatic N) is 4. The molecule has 1 aromatic heterocycles. The number of hydrogen-bond acceptors (Lipinski definition) is 6. The highest BCUT2D eigenvalue weighted by molar-refractivity contribution is 5.92. The number of piperazine rings is 1. The van der Waals surface area contributed by atoms with Crippen LogP contribution in [-0.4, -0.2) is 76.5 Å². The van der Waals surface area contributed by atoms with Gasteiger partial charge in [-0.25, -0.2) is 9.18 Å². The molecule has 2 heterocycles. The monoisotopic (exact) mass is 445 g/mol. The molecule has 1 aliphatic heterocycles. The zero-order valence-corrected chi connectivity index (χ0v) is 18.5. The molecule has 1 aromatic carbocycles. The van der Waals surface area contributed by atoms with Crippen molar-refractivity contribution < 1.29 is 18.7 Å².